The summed E-state index contributed by atoms with van der Waals surface area (Å²) in [5.41, 5.74) is 1.34. The van der Waals surface area contributed by atoms with Gasteiger partial charge in [0.1, 0.15) is 6.61 Å². The minimum Gasteiger partial charge on any atom is -0.457 e. The van der Waals surface area contributed by atoms with Gasteiger partial charge in [0, 0.05) is 29.2 Å². The third-order valence-electron chi connectivity index (χ3n) is 4.49. The molecular formula is C22H18Cl3NO4S. The van der Waals surface area contributed by atoms with E-state index in [2.05, 4.69) is 0 Å². The average molecular weight is 499 g/mol. The SMILES string of the molecule is CN(Cc1ccccc1)S(=O)(=O)c1ccc(Cl)c(C(=O)OCc2ccc(Cl)cc2Cl)c1. The number of rotatable bonds is 7. The molecule has 0 saturated carbocycles. The molecule has 3 aromatic carbocycles. The van der Waals surface area contributed by atoms with Crippen molar-refractivity contribution in [2.45, 2.75) is 18.0 Å². The van der Waals surface area contributed by atoms with Crippen molar-refractivity contribution < 1.29 is 17.9 Å². The van der Waals surface area contributed by atoms with E-state index in [4.69, 9.17) is 39.5 Å². The number of nitrogens with zero attached hydrogens (tertiary/aromatic N) is 1. The van der Waals surface area contributed by atoms with Gasteiger partial charge in [-0.3, -0.25) is 0 Å². The van der Waals surface area contributed by atoms with Crippen LogP contribution in [0.4, 0.5) is 0 Å². The summed E-state index contributed by atoms with van der Waals surface area (Å²) in [4.78, 5) is 12.5. The lowest BCUT2D eigenvalue weighted by Gasteiger charge is -2.18. The summed E-state index contributed by atoms with van der Waals surface area (Å²) < 4.78 is 32.4. The van der Waals surface area contributed by atoms with E-state index in [0.29, 0.717) is 15.6 Å². The number of benzene rings is 3. The van der Waals surface area contributed by atoms with Crippen LogP contribution in [0.25, 0.3) is 0 Å². The van der Waals surface area contributed by atoms with Crippen LogP contribution in [0.2, 0.25) is 15.1 Å². The quantitative estimate of drug-likeness (QED) is 0.385. The van der Waals surface area contributed by atoms with Crippen molar-refractivity contribution in [1.82, 2.24) is 4.31 Å². The molecule has 31 heavy (non-hydrogen) atoms. The Balaban J connectivity index is 1.79. The van der Waals surface area contributed by atoms with Crippen molar-refractivity contribution in [1.29, 1.82) is 0 Å². The molecule has 0 aliphatic heterocycles. The van der Waals surface area contributed by atoms with Crippen molar-refractivity contribution >= 4 is 50.8 Å². The van der Waals surface area contributed by atoms with Gasteiger partial charge in [0.25, 0.3) is 0 Å². The molecule has 0 aromatic heterocycles. The molecule has 0 radical (unpaired) electrons. The van der Waals surface area contributed by atoms with Gasteiger partial charge in [-0.2, -0.15) is 4.31 Å². The van der Waals surface area contributed by atoms with Gasteiger partial charge >= 0.3 is 5.97 Å². The highest BCUT2D eigenvalue weighted by Gasteiger charge is 2.24. The number of hydrogen-bond acceptors (Lipinski definition) is 4. The van der Waals surface area contributed by atoms with Crippen LogP contribution >= 0.6 is 34.8 Å². The van der Waals surface area contributed by atoms with Crippen LogP contribution in [-0.2, 0) is 27.9 Å². The van der Waals surface area contributed by atoms with Gasteiger partial charge in [0.05, 0.1) is 15.5 Å². The first kappa shape index (κ1) is 23.6. The van der Waals surface area contributed by atoms with Crippen molar-refractivity contribution in [3.63, 3.8) is 0 Å². The first-order valence-electron chi connectivity index (χ1n) is 9.09. The summed E-state index contributed by atoms with van der Waals surface area (Å²) in [6.45, 7) is 0.0662. The molecule has 0 amide bonds. The zero-order valence-corrected chi connectivity index (χ0v) is 19.5. The molecule has 3 rings (SSSR count). The van der Waals surface area contributed by atoms with E-state index in [1.54, 1.807) is 12.1 Å². The van der Waals surface area contributed by atoms with Gasteiger partial charge in [0.2, 0.25) is 10.0 Å². The molecule has 0 aliphatic carbocycles. The Hall–Kier alpha value is -2.09. The molecule has 5 nitrogen and oxygen atoms in total. The summed E-state index contributed by atoms with van der Waals surface area (Å²) in [5, 5.41) is 0.891. The van der Waals surface area contributed by atoms with Gasteiger partial charge in [-0.15, -0.1) is 0 Å². The maximum absolute atomic E-state index is 13.0. The summed E-state index contributed by atoms with van der Waals surface area (Å²) in [6.07, 6.45) is 0. The van der Waals surface area contributed by atoms with Crippen molar-refractivity contribution in [3.8, 4) is 0 Å². The highest BCUT2D eigenvalue weighted by molar-refractivity contribution is 7.89. The Morgan fingerprint density at radius 3 is 2.32 bits per heavy atom. The van der Waals surface area contributed by atoms with Crippen LogP contribution in [0.5, 0.6) is 0 Å². The molecule has 0 atom stereocenters. The second kappa shape index (κ2) is 10.0. The van der Waals surface area contributed by atoms with E-state index in [9.17, 15) is 13.2 Å². The normalized spacial score (nSPS) is 11.5. The van der Waals surface area contributed by atoms with Crippen LogP contribution in [0.3, 0.4) is 0 Å². The van der Waals surface area contributed by atoms with Gasteiger partial charge in [-0.1, -0.05) is 71.2 Å². The van der Waals surface area contributed by atoms with Gasteiger partial charge in [-0.25, -0.2) is 13.2 Å². The second-order valence-electron chi connectivity index (χ2n) is 6.70. The third kappa shape index (κ3) is 5.79. The maximum atomic E-state index is 13.0. The third-order valence-corrected chi connectivity index (χ3v) is 7.20. The standard InChI is InChI=1S/C22H18Cl3NO4S/c1-26(13-15-5-3-2-4-6-15)31(28,29)18-9-10-20(24)19(12-18)22(27)30-14-16-7-8-17(23)11-21(16)25/h2-12H,13-14H2,1H3. The van der Waals surface area contributed by atoms with Crippen LogP contribution in [0.15, 0.2) is 71.6 Å². The molecule has 0 bridgehead atoms. The average Bonchev–Trinajstić information content (AvgIpc) is 2.73. The Morgan fingerprint density at radius 2 is 1.65 bits per heavy atom. The molecule has 0 unspecified atom stereocenters. The van der Waals surface area contributed by atoms with E-state index in [1.165, 1.54) is 35.6 Å². The summed E-state index contributed by atoms with van der Waals surface area (Å²) in [6, 6.07) is 17.9. The van der Waals surface area contributed by atoms with Crippen molar-refractivity contribution in [2.75, 3.05) is 7.05 Å². The van der Waals surface area contributed by atoms with Gasteiger partial charge in [0.15, 0.2) is 0 Å². The molecule has 0 N–H and O–H groups in total. The maximum Gasteiger partial charge on any atom is 0.340 e. The van der Waals surface area contributed by atoms with Crippen LogP contribution < -0.4 is 0 Å². The fourth-order valence-electron chi connectivity index (χ4n) is 2.79. The molecule has 3 aromatic rings. The summed E-state index contributed by atoms with van der Waals surface area (Å²) >= 11 is 18.1. The Bertz CT molecular complexity index is 1200. The summed E-state index contributed by atoms with van der Waals surface area (Å²) in [7, 11) is -2.39. The highest BCUT2D eigenvalue weighted by Crippen LogP contribution is 2.26. The van der Waals surface area contributed by atoms with E-state index >= 15 is 0 Å². The monoisotopic (exact) mass is 497 g/mol. The van der Waals surface area contributed by atoms with Crippen LogP contribution in [0.1, 0.15) is 21.5 Å². The Labute approximate surface area is 196 Å². The lowest BCUT2D eigenvalue weighted by Crippen LogP contribution is -2.26. The Kier molecular flexibility index (Phi) is 7.62. The predicted molar refractivity (Wildman–Crippen MR) is 122 cm³/mol. The fourth-order valence-corrected chi connectivity index (χ4v) is 4.63. The lowest BCUT2D eigenvalue weighted by molar-refractivity contribution is 0.0473. The first-order chi connectivity index (χ1) is 14.7. The molecule has 0 saturated heterocycles. The predicted octanol–water partition coefficient (Wildman–Crippen LogP) is 5.82. The lowest BCUT2D eigenvalue weighted by atomic mass is 10.2. The first-order valence-corrected chi connectivity index (χ1v) is 11.7. The molecule has 0 spiro atoms. The highest BCUT2D eigenvalue weighted by atomic mass is 35.5. The minimum atomic E-state index is -3.86. The smallest absolute Gasteiger partial charge is 0.340 e. The van der Waals surface area contributed by atoms with Crippen LogP contribution in [-0.4, -0.2) is 25.7 Å². The number of ether oxygens (including phenoxy) is 1. The zero-order chi connectivity index (χ0) is 22.6. The molecular weight excluding hydrogens is 481 g/mol. The van der Waals surface area contributed by atoms with Crippen molar-refractivity contribution in [2.24, 2.45) is 0 Å². The Morgan fingerprint density at radius 1 is 0.935 bits per heavy atom. The molecule has 9 heteroatoms. The van der Waals surface area contributed by atoms with E-state index in [0.717, 1.165) is 5.56 Å². The number of hydrogen-bond donors (Lipinski definition) is 0. The topological polar surface area (TPSA) is 63.7 Å². The minimum absolute atomic E-state index is 0.0547. The van der Waals surface area contributed by atoms with Crippen LogP contribution in [0, 0.1) is 0 Å². The van der Waals surface area contributed by atoms with Gasteiger partial charge in [-0.05, 0) is 35.9 Å². The number of carbonyl (C=O) groups is 1. The van der Waals surface area contributed by atoms with E-state index < -0.39 is 16.0 Å². The zero-order valence-electron chi connectivity index (χ0n) is 16.4. The number of esters is 1. The summed E-state index contributed by atoms with van der Waals surface area (Å²) in [5.74, 6) is -0.765. The number of carbonyl (C=O) groups excluding carboxylic acids is 1. The fraction of sp³-hybridized carbons (Fsp3) is 0.136. The number of sulfonamides is 1. The van der Waals surface area contributed by atoms with Gasteiger partial charge < -0.3 is 4.74 Å². The molecule has 0 heterocycles. The molecule has 162 valence electrons. The van der Waals surface area contributed by atoms with E-state index in [-0.39, 0.29) is 28.6 Å². The number of halogens is 3. The largest absolute Gasteiger partial charge is 0.457 e. The van der Waals surface area contributed by atoms with Crippen molar-refractivity contribution in [3.05, 3.63) is 98.5 Å². The molecule has 0 aliphatic rings. The second-order valence-corrected chi connectivity index (χ2v) is 10.00. The molecule has 0 fully saturated rings. The van der Waals surface area contributed by atoms with E-state index in [1.807, 2.05) is 30.3 Å².